The molecule has 0 saturated carbocycles. The van der Waals surface area contributed by atoms with E-state index in [1.165, 1.54) is 0 Å². The Morgan fingerprint density at radius 3 is 2.81 bits per heavy atom. The van der Waals surface area contributed by atoms with Gasteiger partial charge in [0.1, 0.15) is 0 Å². The maximum atomic E-state index is 12.8. The van der Waals surface area contributed by atoms with E-state index < -0.39 is 0 Å². The molecule has 4 aromatic rings. The van der Waals surface area contributed by atoms with E-state index in [2.05, 4.69) is 34.4 Å². The van der Waals surface area contributed by atoms with E-state index in [1.807, 2.05) is 28.7 Å². The maximum Gasteiger partial charge on any atom is 0.262 e. The van der Waals surface area contributed by atoms with Crippen LogP contribution in [0, 0.1) is 0 Å². The van der Waals surface area contributed by atoms with Crippen molar-refractivity contribution < 1.29 is 0 Å². The molecular formula is C18H19N5OS2. The van der Waals surface area contributed by atoms with Crippen LogP contribution in [0.2, 0.25) is 0 Å². The van der Waals surface area contributed by atoms with Crippen LogP contribution in [0.4, 0.5) is 0 Å². The van der Waals surface area contributed by atoms with E-state index in [-0.39, 0.29) is 5.56 Å². The summed E-state index contributed by atoms with van der Waals surface area (Å²) in [5.41, 5.74) is 1.89. The van der Waals surface area contributed by atoms with E-state index in [0.29, 0.717) is 17.7 Å². The second kappa shape index (κ2) is 7.20. The maximum absolute atomic E-state index is 12.8. The molecule has 4 rings (SSSR count). The summed E-state index contributed by atoms with van der Waals surface area (Å²) in [6.45, 7) is 4.79. The van der Waals surface area contributed by atoms with Crippen LogP contribution in [0.1, 0.15) is 31.0 Å². The summed E-state index contributed by atoms with van der Waals surface area (Å²) in [5, 5.41) is 13.4. The fourth-order valence-corrected chi connectivity index (χ4v) is 4.65. The topological polar surface area (TPSA) is 65.1 Å². The molecule has 26 heavy (non-hydrogen) atoms. The van der Waals surface area contributed by atoms with Gasteiger partial charge in [-0.25, -0.2) is 4.98 Å². The largest absolute Gasteiger partial charge is 0.276 e. The van der Waals surface area contributed by atoms with Crippen molar-refractivity contribution in [3.05, 3.63) is 50.7 Å². The zero-order chi connectivity index (χ0) is 18.1. The first-order valence-corrected chi connectivity index (χ1v) is 10.5. The number of nitrogens with zero attached hydrogens (tertiary/aromatic N) is 5. The Bertz CT molecular complexity index is 1130. The smallest absolute Gasteiger partial charge is 0.262 e. The Hall–Kier alpha value is -2.19. The number of para-hydroxylation sites is 1. The lowest BCUT2D eigenvalue weighted by Crippen LogP contribution is -2.23. The lowest BCUT2D eigenvalue weighted by atomic mass is 10.2. The normalized spacial score (nSPS) is 11.6. The van der Waals surface area contributed by atoms with E-state index >= 15 is 0 Å². The van der Waals surface area contributed by atoms with Crippen LogP contribution in [-0.4, -0.2) is 24.1 Å². The van der Waals surface area contributed by atoms with E-state index in [4.69, 9.17) is 0 Å². The van der Waals surface area contributed by atoms with Gasteiger partial charge >= 0.3 is 0 Å². The minimum Gasteiger partial charge on any atom is -0.276 e. The SMILES string of the molecule is CCCn1c(=O)c2ccccc2n2c(SCc3csc(CC)n3)nnc12. The summed E-state index contributed by atoms with van der Waals surface area (Å²) in [4.78, 5) is 17.4. The molecule has 0 bridgehead atoms. The predicted molar refractivity (Wildman–Crippen MR) is 106 cm³/mol. The Kier molecular flexibility index (Phi) is 4.78. The van der Waals surface area contributed by atoms with Gasteiger partial charge in [0.25, 0.3) is 5.56 Å². The van der Waals surface area contributed by atoms with Crippen molar-refractivity contribution >= 4 is 39.8 Å². The molecule has 3 aromatic heterocycles. The second-order valence-electron chi connectivity index (χ2n) is 5.97. The molecule has 0 amide bonds. The number of thiazole rings is 1. The Morgan fingerprint density at radius 1 is 1.19 bits per heavy atom. The highest BCUT2D eigenvalue weighted by Crippen LogP contribution is 2.25. The number of aromatic nitrogens is 5. The molecule has 0 aliphatic heterocycles. The Balaban J connectivity index is 1.82. The van der Waals surface area contributed by atoms with E-state index in [1.54, 1.807) is 27.7 Å². The van der Waals surface area contributed by atoms with Crippen LogP contribution in [-0.2, 0) is 18.7 Å². The lowest BCUT2D eigenvalue weighted by Gasteiger charge is -2.10. The highest BCUT2D eigenvalue weighted by atomic mass is 32.2. The zero-order valence-electron chi connectivity index (χ0n) is 14.7. The quantitative estimate of drug-likeness (QED) is 0.473. The number of benzene rings is 1. The molecule has 0 atom stereocenters. The molecule has 3 heterocycles. The Labute approximate surface area is 158 Å². The molecule has 0 saturated heterocycles. The first-order valence-electron chi connectivity index (χ1n) is 8.65. The van der Waals surface area contributed by atoms with Crippen molar-refractivity contribution in [2.45, 2.75) is 44.1 Å². The fraction of sp³-hybridized carbons (Fsp3) is 0.333. The zero-order valence-corrected chi connectivity index (χ0v) is 16.3. The summed E-state index contributed by atoms with van der Waals surface area (Å²) >= 11 is 3.29. The fourth-order valence-electron chi connectivity index (χ4n) is 2.97. The number of hydrogen-bond donors (Lipinski definition) is 0. The van der Waals surface area contributed by atoms with E-state index in [0.717, 1.165) is 40.0 Å². The highest BCUT2D eigenvalue weighted by molar-refractivity contribution is 7.98. The van der Waals surface area contributed by atoms with Crippen molar-refractivity contribution in [3.63, 3.8) is 0 Å². The third-order valence-electron chi connectivity index (χ3n) is 4.18. The number of aryl methyl sites for hydroxylation is 2. The first kappa shape index (κ1) is 17.2. The van der Waals surface area contributed by atoms with Gasteiger partial charge in [-0.3, -0.25) is 13.8 Å². The molecule has 0 radical (unpaired) electrons. The number of rotatable bonds is 6. The molecule has 0 aliphatic rings. The summed E-state index contributed by atoms with van der Waals surface area (Å²) < 4.78 is 3.71. The molecule has 0 N–H and O–H groups in total. The van der Waals surface area contributed by atoms with E-state index in [9.17, 15) is 4.79 Å². The van der Waals surface area contributed by atoms with Crippen molar-refractivity contribution in [2.24, 2.45) is 0 Å². The van der Waals surface area contributed by atoms with Crippen molar-refractivity contribution in [1.82, 2.24) is 24.1 Å². The average molecular weight is 386 g/mol. The third kappa shape index (κ3) is 2.93. The summed E-state index contributed by atoms with van der Waals surface area (Å²) in [6, 6.07) is 7.65. The molecule has 0 fully saturated rings. The number of thioether (sulfide) groups is 1. The number of hydrogen-bond acceptors (Lipinski definition) is 6. The molecule has 134 valence electrons. The van der Waals surface area contributed by atoms with Crippen molar-refractivity contribution in [2.75, 3.05) is 0 Å². The standard InChI is InChI=1S/C18H19N5OS2/c1-3-9-22-16(24)13-7-5-6-8-14(13)23-17(22)20-21-18(23)26-11-12-10-25-15(4-2)19-12/h5-8,10H,3-4,9,11H2,1-2H3. The van der Waals surface area contributed by atoms with Crippen molar-refractivity contribution in [3.8, 4) is 0 Å². The molecule has 0 spiro atoms. The molecule has 0 aliphatic carbocycles. The summed E-state index contributed by atoms with van der Waals surface area (Å²) in [6.07, 6.45) is 1.82. The molecule has 1 aromatic carbocycles. The molecular weight excluding hydrogens is 366 g/mol. The Morgan fingerprint density at radius 2 is 2.04 bits per heavy atom. The third-order valence-corrected chi connectivity index (χ3v) is 6.18. The van der Waals surface area contributed by atoms with Crippen LogP contribution < -0.4 is 5.56 Å². The van der Waals surface area contributed by atoms with Crippen LogP contribution in [0.15, 0.2) is 39.6 Å². The lowest BCUT2D eigenvalue weighted by molar-refractivity contribution is 0.662. The van der Waals surface area contributed by atoms with Gasteiger partial charge in [-0.05, 0) is 25.0 Å². The van der Waals surface area contributed by atoms with Crippen molar-refractivity contribution in [1.29, 1.82) is 0 Å². The van der Waals surface area contributed by atoms with Gasteiger partial charge < -0.3 is 0 Å². The van der Waals surface area contributed by atoms with Gasteiger partial charge in [-0.2, -0.15) is 0 Å². The molecule has 8 heteroatoms. The second-order valence-corrected chi connectivity index (χ2v) is 7.85. The minimum atomic E-state index is -0.00834. The van der Waals surface area contributed by atoms with Crippen LogP contribution in [0.3, 0.4) is 0 Å². The van der Waals surface area contributed by atoms with Gasteiger partial charge in [0.05, 0.1) is 21.6 Å². The van der Waals surface area contributed by atoms with Gasteiger partial charge in [0.15, 0.2) is 5.16 Å². The van der Waals surface area contributed by atoms with Crippen LogP contribution in [0.5, 0.6) is 0 Å². The average Bonchev–Trinajstić information content (AvgIpc) is 3.30. The number of fused-ring (bicyclic) bond motifs is 3. The molecule has 6 nitrogen and oxygen atoms in total. The highest BCUT2D eigenvalue weighted by Gasteiger charge is 2.16. The first-order chi connectivity index (χ1) is 12.7. The minimum absolute atomic E-state index is 0.00834. The van der Waals surface area contributed by atoms with Gasteiger partial charge in [-0.15, -0.1) is 21.5 Å². The summed E-state index contributed by atoms with van der Waals surface area (Å²) in [7, 11) is 0. The van der Waals surface area contributed by atoms with Gasteiger partial charge in [-0.1, -0.05) is 37.7 Å². The van der Waals surface area contributed by atoms with Gasteiger partial charge in [0.2, 0.25) is 5.78 Å². The molecule has 0 unspecified atom stereocenters. The summed E-state index contributed by atoms with van der Waals surface area (Å²) in [5.74, 6) is 1.34. The monoisotopic (exact) mass is 385 g/mol. The predicted octanol–water partition coefficient (Wildman–Crippen LogP) is 3.77. The van der Waals surface area contributed by atoms with Crippen LogP contribution >= 0.6 is 23.1 Å². The van der Waals surface area contributed by atoms with Crippen LogP contribution in [0.25, 0.3) is 16.7 Å². The van der Waals surface area contributed by atoms with Gasteiger partial charge in [0, 0.05) is 17.7 Å².